The Hall–Kier alpha value is -2.05. The molecule has 1 saturated heterocycles. The Morgan fingerprint density at radius 3 is 2.35 bits per heavy atom. The Morgan fingerprint density at radius 2 is 1.88 bits per heavy atom. The minimum atomic E-state index is -1.27. The molecule has 1 N–H and O–H groups in total. The van der Waals surface area contributed by atoms with Crippen LogP contribution in [0.25, 0.3) is 0 Å². The van der Waals surface area contributed by atoms with Gasteiger partial charge in [0.25, 0.3) is 5.79 Å². The zero-order chi connectivity index (χ0) is 13.1. The summed E-state index contributed by atoms with van der Waals surface area (Å²) < 4.78 is 14.0. The van der Waals surface area contributed by atoms with Crippen LogP contribution in [0.1, 0.15) is 13.8 Å². The molecule has 0 unspecified atom stereocenters. The number of esters is 3. The van der Waals surface area contributed by atoms with Gasteiger partial charge in [-0.15, -0.1) is 0 Å². The van der Waals surface area contributed by atoms with Gasteiger partial charge in [0.05, 0.1) is 7.11 Å². The summed E-state index contributed by atoms with van der Waals surface area (Å²) >= 11 is 0. The SMILES string of the molecule is COC(=O)CNC=C1C(=O)OC(C)(C)OC1=O. The van der Waals surface area contributed by atoms with Crippen LogP contribution in [-0.4, -0.2) is 37.3 Å². The van der Waals surface area contributed by atoms with Crippen LogP contribution >= 0.6 is 0 Å². The quantitative estimate of drug-likeness (QED) is 0.404. The lowest BCUT2D eigenvalue weighted by Gasteiger charge is -2.29. The van der Waals surface area contributed by atoms with Crippen LogP contribution in [-0.2, 0) is 28.6 Å². The van der Waals surface area contributed by atoms with Crippen molar-refractivity contribution in [3.05, 3.63) is 11.8 Å². The molecule has 0 aromatic rings. The van der Waals surface area contributed by atoms with Crippen molar-refractivity contribution in [2.24, 2.45) is 0 Å². The fourth-order valence-electron chi connectivity index (χ4n) is 1.09. The van der Waals surface area contributed by atoms with Gasteiger partial charge < -0.3 is 19.5 Å². The maximum absolute atomic E-state index is 11.4. The van der Waals surface area contributed by atoms with Crippen LogP contribution in [0.4, 0.5) is 0 Å². The topological polar surface area (TPSA) is 90.9 Å². The Bertz CT molecular complexity index is 362. The van der Waals surface area contributed by atoms with Crippen LogP contribution in [0.15, 0.2) is 11.8 Å². The number of carbonyl (C=O) groups excluding carboxylic acids is 3. The molecule has 0 radical (unpaired) electrons. The fourth-order valence-corrected chi connectivity index (χ4v) is 1.09. The molecule has 1 fully saturated rings. The number of cyclic esters (lactones) is 2. The molecule has 0 saturated carbocycles. The van der Waals surface area contributed by atoms with Gasteiger partial charge in [-0.2, -0.15) is 0 Å². The van der Waals surface area contributed by atoms with Crippen molar-refractivity contribution in [1.82, 2.24) is 5.32 Å². The van der Waals surface area contributed by atoms with Crippen LogP contribution in [0.2, 0.25) is 0 Å². The van der Waals surface area contributed by atoms with Crippen molar-refractivity contribution in [3.63, 3.8) is 0 Å². The summed E-state index contributed by atoms with van der Waals surface area (Å²) in [6, 6.07) is 0. The van der Waals surface area contributed by atoms with Crippen LogP contribution in [0.5, 0.6) is 0 Å². The molecular weight excluding hydrogens is 230 g/mol. The standard InChI is InChI=1S/C10H13NO6/c1-10(2)16-8(13)6(9(14)17-10)4-11-5-7(12)15-3/h4,11H,5H2,1-3H3. The maximum Gasteiger partial charge on any atom is 0.350 e. The molecule has 94 valence electrons. The first-order valence-electron chi connectivity index (χ1n) is 4.83. The molecule has 1 aliphatic heterocycles. The van der Waals surface area contributed by atoms with Crippen LogP contribution in [0, 0.1) is 0 Å². The van der Waals surface area contributed by atoms with E-state index in [1.165, 1.54) is 21.0 Å². The smallest absolute Gasteiger partial charge is 0.350 e. The first-order chi connectivity index (χ1) is 7.85. The van der Waals surface area contributed by atoms with E-state index in [-0.39, 0.29) is 12.1 Å². The monoisotopic (exact) mass is 243 g/mol. The average molecular weight is 243 g/mol. The number of carbonyl (C=O) groups is 3. The highest BCUT2D eigenvalue weighted by Gasteiger charge is 2.38. The normalized spacial score (nSPS) is 17.9. The van der Waals surface area contributed by atoms with E-state index in [0.29, 0.717) is 0 Å². The molecule has 0 aliphatic carbocycles. The molecular formula is C10H13NO6. The Kier molecular flexibility index (Phi) is 3.72. The van der Waals surface area contributed by atoms with E-state index >= 15 is 0 Å². The van der Waals surface area contributed by atoms with Crippen molar-refractivity contribution in [2.45, 2.75) is 19.6 Å². The molecule has 0 bridgehead atoms. The minimum absolute atomic E-state index is 0.163. The highest BCUT2D eigenvalue weighted by molar-refractivity contribution is 6.15. The van der Waals surface area contributed by atoms with E-state index in [0.717, 1.165) is 6.20 Å². The number of hydrogen-bond donors (Lipinski definition) is 1. The second kappa shape index (κ2) is 4.86. The summed E-state index contributed by atoms with van der Waals surface area (Å²) in [5, 5.41) is 2.46. The Labute approximate surface area is 97.7 Å². The highest BCUT2D eigenvalue weighted by Crippen LogP contribution is 2.21. The first kappa shape index (κ1) is 13.0. The molecule has 7 heteroatoms. The summed E-state index contributed by atoms with van der Waals surface area (Å²) in [5.41, 5.74) is -0.298. The van der Waals surface area contributed by atoms with E-state index in [2.05, 4.69) is 10.1 Å². The summed E-state index contributed by atoms with van der Waals surface area (Å²) in [6.45, 7) is 2.73. The van der Waals surface area contributed by atoms with Gasteiger partial charge in [-0.1, -0.05) is 0 Å². The average Bonchev–Trinajstić information content (AvgIpc) is 2.20. The van der Waals surface area contributed by atoms with Gasteiger partial charge in [-0.25, -0.2) is 9.59 Å². The number of nitrogens with one attached hydrogen (secondary N) is 1. The molecule has 1 heterocycles. The lowest BCUT2D eigenvalue weighted by atomic mass is 10.2. The van der Waals surface area contributed by atoms with Gasteiger partial charge in [-0.05, 0) is 0 Å². The molecule has 0 atom stereocenters. The summed E-state index contributed by atoms with van der Waals surface area (Å²) in [6.07, 6.45) is 1.07. The van der Waals surface area contributed by atoms with E-state index in [1.807, 2.05) is 0 Å². The third kappa shape index (κ3) is 3.47. The van der Waals surface area contributed by atoms with Crippen LogP contribution in [0.3, 0.4) is 0 Å². The zero-order valence-corrected chi connectivity index (χ0v) is 9.73. The second-order valence-corrected chi connectivity index (χ2v) is 3.69. The van der Waals surface area contributed by atoms with Crippen LogP contribution < -0.4 is 5.32 Å². The van der Waals surface area contributed by atoms with Crippen molar-refractivity contribution in [1.29, 1.82) is 0 Å². The van der Waals surface area contributed by atoms with E-state index in [4.69, 9.17) is 9.47 Å². The second-order valence-electron chi connectivity index (χ2n) is 3.69. The molecule has 0 aromatic heterocycles. The largest absolute Gasteiger partial charge is 0.468 e. The molecule has 17 heavy (non-hydrogen) atoms. The molecule has 1 aliphatic rings. The molecule has 0 amide bonds. The Morgan fingerprint density at radius 1 is 1.35 bits per heavy atom. The van der Waals surface area contributed by atoms with Gasteiger partial charge in [0.15, 0.2) is 5.57 Å². The third-order valence-corrected chi connectivity index (χ3v) is 1.84. The predicted molar refractivity (Wildman–Crippen MR) is 54.4 cm³/mol. The van der Waals surface area contributed by atoms with E-state index in [9.17, 15) is 14.4 Å². The van der Waals surface area contributed by atoms with Gasteiger partial charge in [-0.3, -0.25) is 4.79 Å². The summed E-state index contributed by atoms with van der Waals surface area (Å²) in [5.74, 6) is -3.40. The van der Waals surface area contributed by atoms with E-state index < -0.39 is 23.7 Å². The molecule has 1 rings (SSSR count). The first-order valence-corrected chi connectivity index (χ1v) is 4.83. The summed E-state index contributed by atoms with van der Waals surface area (Å²) in [4.78, 5) is 33.6. The van der Waals surface area contributed by atoms with Crippen molar-refractivity contribution < 1.29 is 28.6 Å². The number of methoxy groups -OCH3 is 1. The van der Waals surface area contributed by atoms with Gasteiger partial charge in [0.1, 0.15) is 6.54 Å². The molecule has 0 aromatic carbocycles. The zero-order valence-electron chi connectivity index (χ0n) is 9.73. The number of rotatable bonds is 3. The molecule has 0 spiro atoms. The van der Waals surface area contributed by atoms with Crippen molar-refractivity contribution >= 4 is 17.9 Å². The lowest BCUT2D eigenvalue weighted by Crippen LogP contribution is -2.42. The third-order valence-electron chi connectivity index (χ3n) is 1.84. The minimum Gasteiger partial charge on any atom is -0.468 e. The van der Waals surface area contributed by atoms with E-state index in [1.54, 1.807) is 0 Å². The number of hydrogen-bond acceptors (Lipinski definition) is 7. The fraction of sp³-hybridized carbons (Fsp3) is 0.500. The molecule has 7 nitrogen and oxygen atoms in total. The predicted octanol–water partition coefficient (Wildman–Crippen LogP) is -0.531. The summed E-state index contributed by atoms with van der Waals surface area (Å²) in [7, 11) is 1.23. The number of ether oxygens (including phenoxy) is 3. The van der Waals surface area contributed by atoms with Gasteiger partial charge in [0, 0.05) is 20.0 Å². The van der Waals surface area contributed by atoms with Gasteiger partial charge in [0.2, 0.25) is 0 Å². The van der Waals surface area contributed by atoms with Crippen molar-refractivity contribution in [3.8, 4) is 0 Å². The van der Waals surface area contributed by atoms with Crippen molar-refractivity contribution in [2.75, 3.05) is 13.7 Å². The highest BCUT2D eigenvalue weighted by atomic mass is 16.7. The maximum atomic E-state index is 11.4. The van der Waals surface area contributed by atoms with Gasteiger partial charge >= 0.3 is 17.9 Å². The Balaban J connectivity index is 2.65. The lowest BCUT2D eigenvalue weighted by molar-refractivity contribution is -0.222.